The molecule has 0 spiro atoms. The Morgan fingerprint density at radius 3 is 2.94 bits per heavy atom. The van der Waals surface area contributed by atoms with E-state index in [9.17, 15) is 4.39 Å². The molecule has 0 bridgehead atoms. The number of thiazole rings is 1. The van der Waals surface area contributed by atoms with Gasteiger partial charge in [0.2, 0.25) is 0 Å². The first-order valence-electron chi connectivity index (χ1n) is 4.98. The average molecular weight is 346 g/mol. The second-order valence-corrected chi connectivity index (χ2v) is 5.44. The normalized spacial score (nSPS) is 10.3. The topological polar surface area (TPSA) is 50.9 Å². The molecule has 1 aromatic heterocycles. The Morgan fingerprint density at radius 1 is 1.56 bits per heavy atom. The van der Waals surface area contributed by atoms with Crippen LogP contribution in [0.25, 0.3) is 0 Å². The highest BCUT2D eigenvalue weighted by atomic mass is 79.9. The Balaban J connectivity index is 2.19. The Bertz CT molecular complexity index is 572. The van der Waals surface area contributed by atoms with E-state index in [1.807, 2.05) is 5.38 Å². The molecule has 0 fully saturated rings. The molecule has 0 aliphatic heterocycles. The molecule has 0 aliphatic rings. The van der Waals surface area contributed by atoms with Gasteiger partial charge in [-0.05, 0) is 28.1 Å². The van der Waals surface area contributed by atoms with Crippen LogP contribution in [0.3, 0.4) is 0 Å². The van der Waals surface area contributed by atoms with Crippen LogP contribution < -0.4 is 11.1 Å². The van der Waals surface area contributed by atoms with Crippen molar-refractivity contribution in [1.29, 1.82) is 0 Å². The van der Waals surface area contributed by atoms with Crippen LogP contribution in [0.1, 0.15) is 11.3 Å². The zero-order valence-corrected chi connectivity index (χ0v) is 12.3. The number of halogens is 2. The summed E-state index contributed by atoms with van der Waals surface area (Å²) in [4.78, 5) is 4.27. The van der Waals surface area contributed by atoms with Crippen molar-refractivity contribution in [2.75, 3.05) is 5.32 Å². The molecule has 3 nitrogen and oxygen atoms in total. The average Bonchev–Trinajstić information content (AvgIpc) is 2.83. The summed E-state index contributed by atoms with van der Waals surface area (Å²) in [6.07, 6.45) is 0. The van der Waals surface area contributed by atoms with Gasteiger partial charge in [0, 0.05) is 10.9 Å². The maximum atomic E-state index is 14.0. The number of hydrogen-bond donors (Lipinski definition) is 2. The number of hydrogen-bond acceptors (Lipinski definition) is 4. The van der Waals surface area contributed by atoms with Crippen molar-refractivity contribution in [2.24, 2.45) is 5.73 Å². The van der Waals surface area contributed by atoms with E-state index >= 15 is 0 Å². The predicted molar refractivity (Wildman–Crippen MR) is 79.4 cm³/mol. The van der Waals surface area contributed by atoms with E-state index in [1.165, 1.54) is 11.3 Å². The Morgan fingerprint density at radius 2 is 2.33 bits per heavy atom. The number of thiocarbonyl (C=S) groups is 1. The molecule has 94 valence electrons. The number of nitrogens with two attached hydrogens (primary N) is 1. The van der Waals surface area contributed by atoms with E-state index < -0.39 is 5.82 Å². The molecule has 0 saturated carbocycles. The summed E-state index contributed by atoms with van der Waals surface area (Å²) >= 11 is 9.49. The van der Waals surface area contributed by atoms with Crippen LogP contribution in [0.4, 0.5) is 10.1 Å². The molecule has 0 radical (unpaired) electrons. The van der Waals surface area contributed by atoms with Gasteiger partial charge >= 0.3 is 0 Å². The molecule has 7 heteroatoms. The summed E-state index contributed by atoms with van der Waals surface area (Å²) < 4.78 is 14.3. The third-order valence-corrected chi connectivity index (χ3v) is 3.92. The summed E-state index contributed by atoms with van der Waals surface area (Å²) in [7, 11) is 0. The maximum Gasteiger partial charge on any atom is 0.161 e. The highest BCUT2D eigenvalue weighted by molar-refractivity contribution is 9.10. The fraction of sp³-hybridized carbons (Fsp3) is 0.0909. The van der Waals surface area contributed by atoms with Gasteiger partial charge in [-0.15, -0.1) is 11.3 Å². The Kier molecular flexibility index (Phi) is 4.26. The lowest BCUT2D eigenvalue weighted by molar-refractivity contribution is 0.623. The van der Waals surface area contributed by atoms with Gasteiger partial charge in [0.25, 0.3) is 0 Å². The van der Waals surface area contributed by atoms with Crippen molar-refractivity contribution < 1.29 is 4.39 Å². The van der Waals surface area contributed by atoms with Crippen molar-refractivity contribution in [1.82, 2.24) is 4.98 Å². The third kappa shape index (κ3) is 2.85. The van der Waals surface area contributed by atoms with Crippen LogP contribution in [0.15, 0.2) is 27.5 Å². The maximum absolute atomic E-state index is 14.0. The fourth-order valence-corrected chi connectivity index (χ4v) is 2.81. The van der Waals surface area contributed by atoms with Crippen molar-refractivity contribution in [3.8, 4) is 0 Å². The summed E-state index contributed by atoms with van der Waals surface area (Å²) in [5.74, 6) is -0.407. The van der Waals surface area contributed by atoms with Crippen molar-refractivity contribution >= 4 is 50.2 Å². The molecule has 2 rings (SSSR count). The second-order valence-electron chi connectivity index (χ2n) is 3.49. The summed E-state index contributed by atoms with van der Waals surface area (Å²) in [5, 5.41) is 4.88. The van der Waals surface area contributed by atoms with Crippen LogP contribution in [-0.2, 0) is 6.54 Å². The van der Waals surface area contributed by atoms with Gasteiger partial charge in [0.15, 0.2) is 5.82 Å². The zero-order chi connectivity index (χ0) is 13.1. The lowest BCUT2D eigenvalue weighted by Gasteiger charge is -2.10. The van der Waals surface area contributed by atoms with E-state index in [0.29, 0.717) is 17.8 Å². The number of nitrogens with one attached hydrogen (secondary N) is 1. The molecule has 0 amide bonds. The zero-order valence-electron chi connectivity index (χ0n) is 9.11. The minimum absolute atomic E-state index is 0.159. The van der Waals surface area contributed by atoms with Crippen LogP contribution in [0.2, 0.25) is 0 Å². The van der Waals surface area contributed by atoms with Crippen LogP contribution >= 0.6 is 39.5 Å². The SMILES string of the molecule is NC(=S)c1ccc(NCc2cscn2)c(F)c1Br. The smallest absolute Gasteiger partial charge is 0.161 e. The Labute approximate surface area is 121 Å². The molecular formula is C11H9BrFN3S2. The number of rotatable bonds is 4. The van der Waals surface area contributed by atoms with E-state index in [4.69, 9.17) is 18.0 Å². The van der Waals surface area contributed by atoms with Gasteiger partial charge in [-0.2, -0.15) is 0 Å². The fourth-order valence-electron chi connectivity index (χ4n) is 1.39. The first-order valence-corrected chi connectivity index (χ1v) is 7.12. The van der Waals surface area contributed by atoms with Gasteiger partial charge in [0.1, 0.15) is 4.99 Å². The first kappa shape index (κ1) is 13.4. The van der Waals surface area contributed by atoms with Crippen molar-refractivity contribution in [3.05, 3.63) is 44.6 Å². The van der Waals surface area contributed by atoms with E-state index in [0.717, 1.165) is 5.69 Å². The van der Waals surface area contributed by atoms with Gasteiger partial charge in [-0.1, -0.05) is 12.2 Å². The third-order valence-electron chi connectivity index (χ3n) is 2.29. The summed E-state index contributed by atoms with van der Waals surface area (Å²) in [5.41, 5.74) is 8.97. The van der Waals surface area contributed by atoms with Crippen molar-refractivity contribution in [2.45, 2.75) is 6.54 Å². The number of nitrogens with zero attached hydrogens (tertiary/aromatic N) is 1. The van der Waals surface area contributed by atoms with Gasteiger partial charge in [-0.3, -0.25) is 0 Å². The second kappa shape index (κ2) is 5.73. The minimum Gasteiger partial charge on any atom is -0.389 e. The van der Waals surface area contributed by atoms with Crippen LogP contribution in [-0.4, -0.2) is 9.97 Å². The summed E-state index contributed by atoms with van der Waals surface area (Å²) in [6, 6.07) is 3.29. The standard InChI is InChI=1S/C11H9BrFN3S2/c12-9-7(11(14)17)1-2-8(10(9)13)15-3-6-4-18-5-16-6/h1-2,4-5,15H,3H2,(H2,14,17). The molecule has 0 atom stereocenters. The van der Waals surface area contributed by atoms with E-state index in [1.54, 1.807) is 17.6 Å². The van der Waals surface area contributed by atoms with Gasteiger partial charge in [0.05, 0.1) is 27.9 Å². The van der Waals surface area contributed by atoms with Gasteiger partial charge in [-0.25, -0.2) is 9.37 Å². The van der Waals surface area contributed by atoms with E-state index in [-0.39, 0.29) is 9.46 Å². The highest BCUT2D eigenvalue weighted by Crippen LogP contribution is 2.27. The molecule has 0 aliphatic carbocycles. The molecule has 1 aromatic carbocycles. The van der Waals surface area contributed by atoms with Crippen molar-refractivity contribution in [3.63, 3.8) is 0 Å². The molecule has 18 heavy (non-hydrogen) atoms. The minimum atomic E-state index is -0.407. The predicted octanol–water partition coefficient (Wildman–Crippen LogP) is 3.29. The van der Waals surface area contributed by atoms with Gasteiger partial charge < -0.3 is 11.1 Å². The highest BCUT2D eigenvalue weighted by Gasteiger charge is 2.12. The molecule has 2 aromatic rings. The summed E-state index contributed by atoms with van der Waals surface area (Å²) in [6.45, 7) is 0.472. The first-order chi connectivity index (χ1) is 8.59. The lowest BCUT2D eigenvalue weighted by Crippen LogP contribution is -2.12. The lowest BCUT2D eigenvalue weighted by atomic mass is 10.2. The molecular weight excluding hydrogens is 337 g/mol. The molecule has 0 unspecified atom stereocenters. The number of anilines is 1. The monoisotopic (exact) mass is 345 g/mol. The Hall–Kier alpha value is -1.05. The van der Waals surface area contributed by atoms with Crippen LogP contribution in [0.5, 0.6) is 0 Å². The molecule has 0 saturated heterocycles. The number of aromatic nitrogens is 1. The van der Waals surface area contributed by atoms with Crippen LogP contribution in [0, 0.1) is 5.82 Å². The molecule has 3 N–H and O–H groups in total. The number of benzene rings is 1. The quantitative estimate of drug-likeness (QED) is 0.835. The molecule has 1 heterocycles. The largest absolute Gasteiger partial charge is 0.389 e. The van der Waals surface area contributed by atoms with E-state index in [2.05, 4.69) is 26.2 Å².